The van der Waals surface area contributed by atoms with Crippen molar-refractivity contribution in [2.24, 2.45) is 0 Å². The van der Waals surface area contributed by atoms with Crippen LogP contribution < -0.4 is 10.2 Å². The number of rotatable bonds is 1. The van der Waals surface area contributed by atoms with Gasteiger partial charge in [-0.05, 0) is 30.3 Å². The van der Waals surface area contributed by atoms with Crippen molar-refractivity contribution in [2.75, 3.05) is 16.8 Å². The van der Waals surface area contributed by atoms with Crippen molar-refractivity contribution in [3.63, 3.8) is 0 Å². The smallest absolute Gasteiger partial charge is 0.383 e. The minimum Gasteiger partial charge on any atom is -0.383 e. The van der Waals surface area contributed by atoms with Crippen LogP contribution in [0.5, 0.6) is 0 Å². The predicted molar refractivity (Wildman–Crippen MR) is 78.1 cm³/mol. The van der Waals surface area contributed by atoms with Crippen molar-refractivity contribution in [2.45, 2.75) is 12.6 Å². The fourth-order valence-electron chi connectivity index (χ4n) is 2.47. The molecule has 2 aromatic carbocycles. The molecule has 0 fully saturated rings. The zero-order chi connectivity index (χ0) is 15.7. The Kier molecular flexibility index (Phi) is 3.52. The molecule has 22 heavy (non-hydrogen) atoms. The predicted octanol–water partition coefficient (Wildman–Crippen LogP) is 4.19. The van der Waals surface area contributed by atoms with Crippen molar-refractivity contribution in [3.8, 4) is 0 Å². The number of nitrogens with one attached hydrogen (secondary N) is 1. The molecule has 6 heteroatoms. The molecular formula is C16H13F3N2O. The first-order chi connectivity index (χ1) is 10.5. The van der Waals surface area contributed by atoms with E-state index in [9.17, 15) is 18.0 Å². The number of nitrogens with zero attached hydrogens (tertiary/aromatic N) is 1. The second kappa shape index (κ2) is 5.36. The van der Waals surface area contributed by atoms with Crippen LogP contribution in [0.25, 0.3) is 0 Å². The van der Waals surface area contributed by atoms with Crippen molar-refractivity contribution >= 4 is 23.0 Å². The van der Waals surface area contributed by atoms with Crippen LogP contribution in [0.3, 0.4) is 0 Å². The first kappa shape index (κ1) is 14.4. The number of fused-ring (bicyclic) bond motifs is 1. The molecule has 0 unspecified atom stereocenters. The van der Waals surface area contributed by atoms with Gasteiger partial charge in [0, 0.05) is 18.7 Å². The lowest BCUT2D eigenvalue weighted by atomic mass is 10.1. The topological polar surface area (TPSA) is 32.3 Å². The first-order valence-corrected chi connectivity index (χ1v) is 6.80. The molecule has 0 aromatic heterocycles. The summed E-state index contributed by atoms with van der Waals surface area (Å²) in [5, 5.41) is 3.12. The molecule has 0 atom stereocenters. The van der Waals surface area contributed by atoms with Gasteiger partial charge in [-0.1, -0.05) is 18.2 Å². The molecule has 0 saturated heterocycles. The Morgan fingerprint density at radius 2 is 1.82 bits per heavy atom. The van der Waals surface area contributed by atoms with Crippen LogP contribution in [-0.4, -0.2) is 12.5 Å². The van der Waals surface area contributed by atoms with E-state index in [2.05, 4.69) is 5.32 Å². The third-order valence-electron chi connectivity index (χ3n) is 3.48. The quantitative estimate of drug-likeness (QED) is 0.857. The summed E-state index contributed by atoms with van der Waals surface area (Å²) >= 11 is 0. The van der Waals surface area contributed by atoms with E-state index in [1.807, 2.05) is 6.07 Å². The van der Waals surface area contributed by atoms with Crippen molar-refractivity contribution in [1.29, 1.82) is 0 Å². The zero-order valence-corrected chi connectivity index (χ0v) is 11.5. The Hall–Kier alpha value is -2.50. The maximum Gasteiger partial charge on any atom is 0.416 e. The highest BCUT2D eigenvalue weighted by Crippen LogP contribution is 2.37. The third-order valence-corrected chi connectivity index (χ3v) is 3.48. The summed E-state index contributed by atoms with van der Waals surface area (Å²) in [6.45, 7) is 0.450. The Bertz CT molecular complexity index is 713. The molecule has 1 aliphatic heterocycles. The van der Waals surface area contributed by atoms with Gasteiger partial charge in [0.05, 0.1) is 16.9 Å². The number of halogens is 3. The van der Waals surface area contributed by atoms with Gasteiger partial charge in [-0.15, -0.1) is 0 Å². The minimum atomic E-state index is -4.44. The van der Waals surface area contributed by atoms with E-state index in [0.717, 1.165) is 17.8 Å². The van der Waals surface area contributed by atoms with E-state index < -0.39 is 11.7 Å². The number of benzene rings is 2. The number of carbonyl (C=O) groups excluding carboxylic acids is 1. The molecule has 1 N–H and O–H groups in total. The number of amides is 1. The maximum absolute atomic E-state index is 12.9. The van der Waals surface area contributed by atoms with Crippen molar-refractivity contribution < 1.29 is 18.0 Å². The molecule has 114 valence electrons. The van der Waals surface area contributed by atoms with E-state index in [0.29, 0.717) is 12.2 Å². The van der Waals surface area contributed by atoms with E-state index in [4.69, 9.17) is 0 Å². The third kappa shape index (κ3) is 2.64. The fourth-order valence-corrected chi connectivity index (χ4v) is 2.47. The van der Waals surface area contributed by atoms with E-state index in [-0.39, 0.29) is 18.0 Å². The van der Waals surface area contributed by atoms with Gasteiger partial charge in [0.1, 0.15) is 0 Å². The molecular weight excluding hydrogens is 293 g/mol. The van der Waals surface area contributed by atoms with Gasteiger partial charge in [0.25, 0.3) is 0 Å². The van der Waals surface area contributed by atoms with E-state index in [1.165, 1.54) is 17.0 Å². The lowest BCUT2D eigenvalue weighted by Crippen LogP contribution is -2.25. The zero-order valence-electron chi connectivity index (χ0n) is 11.5. The number of para-hydroxylation sites is 2. The second-order valence-electron chi connectivity index (χ2n) is 4.97. The lowest BCUT2D eigenvalue weighted by Gasteiger charge is -2.23. The highest BCUT2D eigenvalue weighted by Gasteiger charge is 2.32. The highest BCUT2D eigenvalue weighted by molar-refractivity contribution is 6.04. The number of hydrogen-bond acceptors (Lipinski definition) is 2. The Morgan fingerprint density at radius 3 is 2.59 bits per heavy atom. The van der Waals surface area contributed by atoms with Gasteiger partial charge in [-0.25, -0.2) is 0 Å². The first-order valence-electron chi connectivity index (χ1n) is 6.80. The number of anilines is 3. The SMILES string of the molecule is O=C1CCNc2ccccc2N1c1cccc(C(F)(F)F)c1. The highest BCUT2D eigenvalue weighted by atomic mass is 19.4. The van der Waals surface area contributed by atoms with Crippen LogP contribution >= 0.6 is 0 Å². The van der Waals surface area contributed by atoms with E-state index in [1.54, 1.807) is 18.2 Å². The standard InChI is InChI=1S/C16H13F3N2O/c17-16(18,19)11-4-3-5-12(10-11)21-14-7-2-1-6-13(14)20-9-8-15(21)22/h1-7,10,20H,8-9H2. The summed E-state index contributed by atoms with van der Waals surface area (Å²) in [4.78, 5) is 13.7. The molecule has 0 bridgehead atoms. The molecule has 1 heterocycles. The molecule has 3 nitrogen and oxygen atoms in total. The maximum atomic E-state index is 12.9. The van der Waals surface area contributed by atoms with Crippen LogP contribution in [0, 0.1) is 0 Å². The fraction of sp³-hybridized carbons (Fsp3) is 0.188. The van der Waals surface area contributed by atoms with Gasteiger partial charge in [0.15, 0.2) is 0 Å². The molecule has 0 saturated carbocycles. The van der Waals surface area contributed by atoms with Crippen LogP contribution in [0.15, 0.2) is 48.5 Å². The largest absolute Gasteiger partial charge is 0.416 e. The average molecular weight is 306 g/mol. The molecule has 1 amide bonds. The second-order valence-corrected chi connectivity index (χ2v) is 4.97. The summed E-state index contributed by atoms with van der Waals surface area (Å²) in [6, 6.07) is 11.9. The molecule has 0 aliphatic carbocycles. The molecule has 3 rings (SSSR count). The minimum absolute atomic E-state index is 0.213. The van der Waals surface area contributed by atoms with E-state index >= 15 is 0 Å². The number of carbonyl (C=O) groups is 1. The van der Waals surface area contributed by atoms with Crippen LogP contribution in [0.2, 0.25) is 0 Å². The molecule has 1 aliphatic rings. The van der Waals surface area contributed by atoms with Gasteiger partial charge in [-0.2, -0.15) is 13.2 Å². The van der Waals surface area contributed by atoms with Crippen molar-refractivity contribution in [3.05, 3.63) is 54.1 Å². The van der Waals surface area contributed by atoms with Crippen LogP contribution in [0.1, 0.15) is 12.0 Å². The molecule has 0 spiro atoms. The summed E-state index contributed by atoms with van der Waals surface area (Å²) < 4.78 is 38.7. The molecule has 2 aromatic rings. The van der Waals surface area contributed by atoms with Gasteiger partial charge < -0.3 is 5.32 Å². The lowest BCUT2D eigenvalue weighted by molar-refractivity contribution is -0.137. The summed E-state index contributed by atoms with van der Waals surface area (Å²) in [5.74, 6) is -0.239. The normalized spacial score (nSPS) is 15.0. The monoisotopic (exact) mass is 306 g/mol. The molecule has 0 radical (unpaired) electrons. The summed E-state index contributed by atoms with van der Waals surface area (Å²) in [7, 11) is 0. The Balaban J connectivity index is 2.12. The Morgan fingerprint density at radius 1 is 1.05 bits per heavy atom. The Labute approximate surface area is 125 Å². The number of alkyl halides is 3. The average Bonchev–Trinajstić information content (AvgIpc) is 2.64. The van der Waals surface area contributed by atoms with Crippen LogP contribution in [-0.2, 0) is 11.0 Å². The summed E-state index contributed by atoms with van der Waals surface area (Å²) in [5.41, 5.74) is 0.735. The van der Waals surface area contributed by atoms with Gasteiger partial charge in [-0.3, -0.25) is 9.69 Å². The van der Waals surface area contributed by atoms with Gasteiger partial charge in [0.2, 0.25) is 5.91 Å². The van der Waals surface area contributed by atoms with Gasteiger partial charge >= 0.3 is 6.18 Å². The van der Waals surface area contributed by atoms with Crippen LogP contribution in [0.4, 0.5) is 30.2 Å². The number of hydrogen-bond donors (Lipinski definition) is 1. The summed E-state index contributed by atoms with van der Waals surface area (Å²) in [6.07, 6.45) is -4.23. The van der Waals surface area contributed by atoms with Crippen molar-refractivity contribution in [1.82, 2.24) is 0 Å².